The lowest BCUT2D eigenvalue weighted by Gasteiger charge is -2.45. The lowest BCUT2D eigenvalue weighted by molar-refractivity contribution is -0.0282. The average Bonchev–Trinajstić information content (AvgIpc) is 3.02. The molecule has 8 heteroatoms. The van der Waals surface area contributed by atoms with Crippen molar-refractivity contribution in [1.29, 1.82) is 0 Å². The second-order valence-corrected chi connectivity index (χ2v) is 8.39. The molecule has 4 aliphatic rings. The first-order valence-electron chi connectivity index (χ1n) is 12.6. The van der Waals surface area contributed by atoms with Crippen molar-refractivity contribution >= 4 is 0 Å². The van der Waals surface area contributed by atoms with Crippen LogP contribution >= 0.6 is 0 Å². The first kappa shape index (κ1) is 16.1. The van der Waals surface area contributed by atoms with Crippen LogP contribution in [0.4, 0.5) is 8.78 Å². The lowest BCUT2D eigenvalue weighted by Crippen LogP contribution is -2.73. The van der Waals surface area contributed by atoms with Crippen molar-refractivity contribution in [2.45, 2.75) is 75.6 Å². The van der Waals surface area contributed by atoms with Crippen LogP contribution < -0.4 is 26.6 Å². The van der Waals surface area contributed by atoms with Crippen molar-refractivity contribution in [2.24, 2.45) is 11.8 Å². The van der Waals surface area contributed by atoms with Crippen molar-refractivity contribution in [2.75, 3.05) is 26.7 Å². The van der Waals surface area contributed by atoms with E-state index in [0.29, 0.717) is 13.0 Å². The minimum Gasteiger partial charge on any atom is -0.377 e. The van der Waals surface area contributed by atoms with E-state index in [-0.39, 0.29) is 24.8 Å². The van der Waals surface area contributed by atoms with E-state index in [4.69, 9.17) is 10.2 Å². The maximum atomic E-state index is 16.0. The van der Waals surface area contributed by atoms with Gasteiger partial charge in [-0.05, 0) is 52.0 Å². The van der Waals surface area contributed by atoms with Crippen LogP contribution in [0.1, 0.15) is 38.1 Å². The molecule has 4 rings (SSSR count). The van der Waals surface area contributed by atoms with Gasteiger partial charge in [0.05, 0.1) is 12.3 Å². The molecular formula is C20H35F2N5O. The minimum atomic E-state index is -2.54. The second-order valence-electron chi connectivity index (χ2n) is 8.39. The van der Waals surface area contributed by atoms with Crippen LogP contribution in [-0.2, 0) is 4.74 Å². The molecule has 0 amide bonds. The summed E-state index contributed by atoms with van der Waals surface area (Å²) in [6.45, 7) is -0.529. The Morgan fingerprint density at radius 2 is 2.21 bits per heavy atom. The summed E-state index contributed by atoms with van der Waals surface area (Å²) in [5, 5.41) is 14.7. The molecule has 2 saturated heterocycles. The van der Waals surface area contributed by atoms with Gasteiger partial charge in [-0.3, -0.25) is 16.0 Å². The molecule has 3 aliphatic heterocycles. The number of halogens is 2. The third kappa shape index (κ3) is 4.13. The van der Waals surface area contributed by atoms with Gasteiger partial charge in [0.1, 0.15) is 18.6 Å². The maximum absolute atomic E-state index is 16.0. The summed E-state index contributed by atoms with van der Waals surface area (Å²) in [5.74, 6) is -0.0863. The van der Waals surface area contributed by atoms with Crippen molar-refractivity contribution < 1.29 is 19.0 Å². The summed E-state index contributed by atoms with van der Waals surface area (Å²) in [6.07, 6.45) is 0.565. The van der Waals surface area contributed by atoms with E-state index in [9.17, 15) is 4.39 Å². The first-order chi connectivity index (χ1) is 15.3. The highest BCUT2D eigenvalue weighted by Crippen LogP contribution is 2.44. The zero-order chi connectivity index (χ0) is 22.9. The minimum absolute atomic E-state index is 0.124. The standard InChI is InChI=1S/C20H35F2N5O/c1-11-16(21)19(23-2)27-20(25-11)26-14-10-13-6-9-28-18(13)15(17(14)22)12-4-3-7-24-8-5-12/h5,11,13-20,23-27H,3-4,6-10H2,1-2H3/i1D,2D3. The van der Waals surface area contributed by atoms with E-state index < -0.39 is 43.9 Å². The van der Waals surface area contributed by atoms with Crippen molar-refractivity contribution in [3.05, 3.63) is 11.6 Å². The number of hydrogen-bond donors (Lipinski definition) is 5. The Labute approximate surface area is 172 Å². The molecule has 5 N–H and O–H groups in total. The normalized spacial score (nSPS) is 49.8. The monoisotopic (exact) mass is 403 g/mol. The third-order valence-corrected chi connectivity index (χ3v) is 6.62. The second kappa shape index (κ2) is 9.02. The van der Waals surface area contributed by atoms with E-state index in [2.05, 4.69) is 32.7 Å². The molecule has 3 fully saturated rings. The van der Waals surface area contributed by atoms with E-state index in [0.717, 1.165) is 37.9 Å². The number of nitrogens with one attached hydrogen (secondary N) is 5. The highest BCUT2D eigenvalue weighted by Gasteiger charge is 2.50. The molecule has 9 unspecified atom stereocenters. The van der Waals surface area contributed by atoms with Crippen molar-refractivity contribution in [3.8, 4) is 0 Å². The number of rotatable bonds is 4. The molecule has 28 heavy (non-hydrogen) atoms. The number of alkyl halides is 2. The molecule has 0 spiro atoms. The molecule has 0 aromatic carbocycles. The molecule has 160 valence electrons. The van der Waals surface area contributed by atoms with Gasteiger partial charge in [-0.25, -0.2) is 8.78 Å². The SMILES string of the molecule is [2H]CC1NC(NC2CC3CCOC3C(C3=CCNCCC3)C2F)NC(NC([2H])([2H])[2H])C1F. The zero-order valence-corrected chi connectivity index (χ0v) is 16.1. The van der Waals surface area contributed by atoms with Crippen LogP contribution in [0.3, 0.4) is 0 Å². The fraction of sp³-hybridized carbons (Fsp3) is 0.900. The molecule has 1 saturated carbocycles. The van der Waals surface area contributed by atoms with Crippen LogP contribution in [0.25, 0.3) is 0 Å². The Morgan fingerprint density at radius 3 is 3.07 bits per heavy atom. The first-order valence-corrected chi connectivity index (χ1v) is 10.4. The Kier molecular flexibility index (Phi) is 5.19. The Hall–Kier alpha value is -0.640. The van der Waals surface area contributed by atoms with E-state index in [1.165, 1.54) is 0 Å². The topological polar surface area (TPSA) is 69.4 Å². The molecular weight excluding hydrogens is 364 g/mol. The van der Waals surface area contributed by atoms with Gasteiger partial charge >= 0.3 is 0 Å². The summed E-state index contributed by atoms with van der Waals surface area (Å²) in [7, 11) is 0. The molecule has 0 bridgehead atoms. The van der Waals surface area contributed by atoms with Crippen LogP contribution in [0, 0.1) is 11.8 Å². The van der Waals surface area contributed by atoms with Crippen LogP contribution in [-0.4, -0.2) is 69.7 Å². The molecule has 0 radical (unpaired) electrons. The molecule has 9 atom stereocenters. The highest BCUT2D eigenvalue weighted by molar-refractivity contribution is 5.18. The third-order valence-electron chi connectivity index (χ3n) is 6.62. The van der Waals surface area contributed by atoms with Gasteiger partial charge in [-0.15, -0.1) is 0 Å². The van der Waals surface area contributed by atoms with Crippen molar-refractivity contribution in [1.82, 2.24) is 26.6 Å². The van der Waals surface area contributed by atoms with Gasteiger partial charge in [0.15, 0.2) is 0 Å². The van der Waals surface area contributed by atoms with Gasteiger partial charge in [0.2, 0.25) is 0 Å². The van der Waals surface area contributed by atoms with E-state index in [1.54, 1.807) is 0 Å². The Balaban J connectivity index is 1.49. The number of fused-ring (bicyclic) bond motifs is 1. The quantitative estimate of drug-likeness (QED) is 0.447. The smallest absolute Gasteiger partial charge is 0.143 e. The average molecular weight is 404 g/mol. The molecule has 3 heterocycles. The summed E-state index contributed by atoms with van der Waals surface area (Å²) >= 11 is 0. The van der Waals surface area contributed by atoms with Crippen LogP contribution in [0.5, 0.6) is 0 Å². The Bertz CT molecular complexity index is 672. The largest absolute Gasteiger partial charge is 0.377 e. The molecule has 0 aromatic heterocycles. The lowest BCUT2D eigenvalue weighted by atomic mass is 9.71. The van der Waals surface area contributed by atoms with Gasteiger partial charge in [0.25, 0.3) is 0 Å². The fourth-order valence-electron chi connectivity index (χ4n) is 5.18. The molecule has 1 aliphatic carbocycles. The zero-order valence-electron chi connectivity index (χ0n) is 20.1. The predicted octanol–water partition coefficient (Wildman–Crippen LogP) is 0.766. The summed E-state index contributed by atoms with van der Waals surface area (Å²) in [5.41, 5.74) is 1.10. The predicted molar refractivity (Wildman–Crippen MR) is 105 cm³/mol. The number of ether oxygens (including phenoxy) is 1. The van der Waals surface area contributed by atoms with E-state index >= 15 is 4.39 Å². The maximum Gasteiger partial charge on any atom is 0.143 e. The molecule has 6 nitrogen and oxygen atoms in total. The summed E-state index contributed by atoms with van der Waals surface area (Å²) < 4.78 is 66.5. The fourth-order valence-corrected chi connectivity index (χ4v) is 5.18. The van der Waals surface area contributed by atoms with Crippen LogP contribution in [0.15, 0.2) is 11.6 Å². The summed E-state index contributed by atoms with van der Waals surface area (Å²) in [4.78, 5) is 0. The van der Waals surface area contributed by atoms with Crippen molar-refractivity contribution in [3.63, 3.8) is 0 Å². The van der Waals surface area contributed by atoms with Gasteiger partial charge < -0.3 is 15.4 Å². The highest BCUT2D eigenvalue weighted by atomic mass is 19.1. The van der Waals surface area contributed by atoms with E-state index in [1.807, 2.05) is 0 Å². The van der Waals surface area contributed by atoms with Crippen LogP contribution in [0.2, 0.25) is 0 Å². The summed E-state index contributed by atoms with van der Waals surface area (Å²) in [6, 6.07) is -1.37. The Morgan fingerprint density at radius 1 is 1.29 bits per heavy atom. The van der Waals surface area contributed by atoms with Gasteiger partial charge in [0, 0.05) is 36.6 Å². The van der Waals surface area contributed by atoms with Gasteiger partial charge in [-0.2, -0.15) is 0 Å². The molecule has 0 aromatic rings. The van der Waals surface area contributed by atoms with Gasteiger partial charge in [-0.1, -0.05) is 11.6 Å². The number of hydrogen-bond acceptors (Lipinski definition) is 6.